The van der Waals surface area contributed by atoms with Gasteiger partial charge in [0, 0.05) is 6.26 Å². The molecule has 0 amide bonds. The topological polar surface area (TPSA) is 54.4 Å². The molecule has 1 aliphatic rings. The van der Waals surface area contributed by atoms with Crippen molar-refractivity contribution < 1.29 is 13.5 Å². The molecule has 1 N–H and O–H groups in total. The Morgan fingerprint density at radius 1 is 1.35 bits per heavy atom. The van der Waals surface area contributed by atoms with Crippen LogP contribution in [0.25, 0.3) is 0 Å². The first-order valence-electron chi connectivity index (χ1n) is 5.65. The van der Waals surface area contributed by atoms with Crippen molar-refractivity contribution in [2.75, 3.05) is 6.26 Å². The minimum absolute atomic E-state index is 0.257. The zero-order valence-electron chi connectivity index (χ0n) is 9.76. The Hall–Kier alpha value is -1.13. The van der Waals surface area contributed by atoms with E-state index in [0.29, 0.717) is 5.56 Å². The largest absolute Gasteiger partial charge is 0.384 e. The lowest BCUT2D eigenvalue weighted by molar-refractivity contribution is 0.212. The first-order valence-corrected chi connectivity index (χ1v) is 7.54. The van der Waals surface area contributed by atoms with Crippen molar-refractivity contribution in [3.05, 3.63) is 41.5 Å². The second-order valence-corrected chi connectivity index (χ2v) is 6.43. The van der Waals surface area contributed by atoms with E-state index < -0.39 is 15.9 Å². The van der Waals surface area contributed by atoms with Gasteiger partial charge in [0.25, 0.3) is 0 Å². The smallest absolute Gasteiger partial charge is 0.175 e. The molecule has 2 rings (SSSR count). The predicted molar refractivity (Wildman–Crippen MR) is 66.4 cm³/mol. The summed E-state index contributed by atoms with van der Waals surface area (Å²) in [7, 11) is -3.21. The van der Waals surface area contributed by atoms with Crippen LogP contribution in [-0.4, -0.2) is 19.8 Å². The van der Waals surface area contributed by atoms with Gasteiger partial charge in [0.05, 0.1) is 4.90 Å². The third-order valence-electron chi connectivity index (χ3n) is 3.03. The molecule has 0 radical (unpaired) electrons. The van der Waals surface area contributed by atoms with Crippen LogP contribution in [0.4, 0.5) is 0 Å². The lowest BCUT2D eigenvalue weighted by Crippen LogP contribution is -2.03. The van der Waals surface area contributed by atoms with Gasteiger partial charge in [-0.15, -0.1) is 0 Å². The van der Waals surface area contributed by atoms with E-state index in [0.717, 1.165) is 24.8 Å². The van der Waals surface area contributed by atoms with Crippen molar-refractivity contribution in [1.29, 1.82) is 0 Å². The summed E-state index contributed by atoms with van der Waals surface area (Å²) in [6, 6.07) is 6.54. The number of benzene rings is 1. The molecule has 0 heterocycles. The van der Waals surface area contributed by atoms with Gasteiger partial charge >= 0.3 is 0 Å². The van der Waals surface area contributed by atoms with Crippen LogP contribution in [0.3, 0.4) is 0 Å². The Morgan fingerprint density at radius 3 is 2.71 bits per heavy atom. The Morgan fingerprint density at radius 2 is 2.12 bits per heavy atom. The Labute approximate surface area is 102 Å². The van der Waals surface area contributed by atoms with Crippen molar-refractivity contribution in [2.24, 2.45) is 0 Å². The second-order valence-electron chi connectivity index (χ2n) is 4.42. The molecular weight excluding hydrogens is 236 g/mol. The molecule has 3 nitrogen and oxygen atoms in total. The van der Waals surface area contributed by atoms with Gasteiger partial charge in [-0.3, -0.25) is 0 Å². The van der Waals surface area contributed by atoms with Crippen molar-refractivity contribution in [1.82, 2.24) is 0 Å². The van der Waals surface area contributed by atoms with Crippen LogP contribution in [0, 0.1) is 0 Å². The highest BCUT2D eigenvalue weighted by molar-refractivity contribution is 7.90. The van der Waals surface area contributed by atoms with E-state index in [1.165, 1.54) is 6.26 Å². The maximum absolute atomic E-state index is 11.4. The minimum atomic E-state index is -3.21. The van der Waals surface area contributed by atoms with Crippen molar-refractivity contribution >= 4 is 9.84 Å². The van der Waals surface area contributed by atoms with Gasteiger partial charge in [-0.2, -0.15) is 0 Å². The summed E-state index contributed by atoms with van der Waals surface area (Å²) in [5.74, 6) is 0. The average Bonchev–Trinajstić information content (AvgIpc) is 2.80. The predicted octanol–water partition coefficient (Wildman–Crippen LogP) is 2.23. The van der Waals surface area contributed by atoms with E-state index in [1.807, 2.05) is 6.08 Å². The molecule has 1 aromatic rings. The molecule has 92 valence electrons. The third-order valence-corrected chi connectivity index (χ3v) is 4.14. The van der Waals surface area contributed by atoms with E-state index in [4.69, 9.17) is 0 Å². The molecule has 17 heavy (non-hydrogen) atoms. The van der Waals surface area contributed by atoms with Crippen molar-refractivity contribution in [3.8, 4) is 0 Å². The average molecular weight is 252 g/mol. The lowest BCUT2D eigenvalue weighted by Gasteiger charge is -2.13. The molecule has 1 aliphatic carbocycles. The van der Waals surface area contributed by atoms with Gasteiger partial charge in [-0.25, -0.2) is 8.42 Å². The van der Waals surface area contributed by atoms with Gasteiger partial charge < -0.3 is 5.11 Å². The molecule has 0 spiro atoms. The maximum Gasteiger partial charge on any atom is 0.175 e. The summed E-state index contributed by atoms with van der Waals surface area (Å²) in [5, 5.41) is 10.1. The first kappa shape index (κ1) is 12.3. The van der Waals surface area contributed by atoms with Crippen LogP contribution in [0.15, 0.2) is 40.8 Å². The summed E-state index contributed by atoms with van der Waals surface area (Å²) in [4.78, 5) is 0.257. The summed E-state index contributed by atoms with van der Waals surface area (Å²) >= 11 is 0. The van der Waals surface area contributed by atoms with Crippen LogP contribution >= 0.6 is 0 Å². The summed E-state index contributed by atoms with van der Waals surface area (Å²) in [6.07, 6.45) is 5.50. The standard InChI is InChI=1S/C13H16O3S/c1-17(15,16)12-8-4-7-11(9-12)13(14)10-5-2-3-6-10/h4-5,7-9,13-14H,2-3,6H2,1H3. The maximum atomic E-state index is 11.4. The van der Waals surface area contributed by atoms with Crippen LogP contribution in [-0.2, 0) is 9.84 Å². The Balaban J connectivity index is 2.33. The number of hydrogen-bond acceptors (Lipinski definition) is 3. The molecule has 1 aromatic carbocycles. The van der Waals surface area contributed by atoms with Gasteiger partial charge in [0.15, 0.2) is 9.84 Å². The molecule has 0 aliphatic heterocycles. The monoisotopic (exact) mass is 252 g/mol. The molecule has 0 saturated carbocycles. The van der Waals surface area contributed by atoms with E-state index in [9.17, 15) is 13.5 Å². The number of hydrogen-bond donors (Lipinski definition) is 1. The van der Waals surface area contributed by atoms with Crippen molar-refractivity contribution in [2.45, 2.75) is 30.3 Å². The fourth-order valence-electron chi connectivity index (χ4n) is 2.07. The number of allylic oxidation sites excluding steroid dienone is 1. The molecule has 0 aromatic heterocycles. The number of aliphatic hydroxyl groups excluding tert-OH is 1. The molecule has 1 unspecified atom stereocenters. The molecule has 0 saturated heterocycles. The second kappa shape index (κ2) is 4.63. The van der Waals surface area contributed by atoms with Crippen LogP contribution in [0.5, 0.6) is 0 Å². The highest BCUT2D eigenvalue weighted by atomic mass is 32.2. The fraction of sp³-hybridized carbons (Fsp3) is 0.385. The minimum Gasteiger partial charge on any atom is -0.384 e. The highest BCUT2D eigenvalue weighted by Crippen LogP contribution is 2.31. The van der Waals surface area contributed by atoms with E-state index in [-0.39, 0.29) is 4.90 Å². The van der Waals surface area contributed by atoms with Gasteiger partial charge in [0.2, 0.25) is 0 Å². The fourth-order valence-corrected chi connectivity index (χ4v) is 2.75. The normalized spacial score (nSPS) is 17.9. The Kier molecular flexibility index (Phi) is 3.35. The molecule has 0 bridgehead atoms. The SMILES string of the molecule is CS(=O)(=O)c1cccc(C(O)C2=CCCC2)c1. The summed E-state index contributed by atoms with van der Waals surface area (Å²) < 4.78 is 22.9. The molecule has 4 heteroatoms. The molecule has 0 fully saturated rings. The van der Waals surface area contributed by atoms with E-state index >= 15 is 0 Å². The first-order chi connectivity index (χ1) is 7.98. The van der Waals surface area contributed by atoms with Gasteiger partial charge in [-0.05, 0) is 42.5 Å². The van der Waals surface area contributed by atoms with Crippen LogP contribution in [0.2, 0.25) is 0 Å². The van der Waals surface area contributed by atoms with E-state index in [1.54, 1.807) is 24.3 Å². The lowest BCUT2D eigenvalue weighted by atomic mass is 10.0. The zero-order valence-corrected chi connectivity index (χ0v) is 10.6. The highest BCUT2D eigenvalue weighted by Gasteiger charge is 2.17. The number of rotatable bonds is 3. The molecular formula is C13H16O3S. The Bertz CT molecular complexity index is 544. The van der Waals surface area contributed by atoms with Crippen molar-refractivity contribution in [3.63, 3.8) is 0 Å². The summed E-state index contributed by atoms with van der Waals surface area (Å²) in [6.45, 7) is 0. The number of aliphatic hydroxyl groups is 1. The quantitative estimate of drug-likeness (QED) is 0.839. The van der Waals surface area contributed by atoms with Crippen LogP contribution < -0.4 is 0 Å². The summed E-state index contributed by atoms with van der Waals surface area (Å²) in [5.41, 5.74) is 1.65. The number of sulfone groups is 1. The third kappa shape index (κ3) is 2.76. The zero-order chi connectivity index (χ0) is 12.5. The van der Waals surface area contributed by atoms with Gasteiger partial charge in [0.1, 0.15) is 6.10 Å². The van der Waals surface area contributed by atoms with E-state index in [2.05, 4.69) is 0 Å². The van der Waals surface area contributed by atoms with Gasteiger partial charge in [-0.1, -0.05) is 18.2 Å². The molecule has 1 atom stereocenters. The van der Waals surface area contributed by atoms with Crippen LogP contribution in [0.1, 0.15) is 30.9 Å².